The number of carboxylic acid groups (broad SMARTS) is 1. The Hall–Kier alpha value is -1.51. The fraction of sp³-hybridized carbons (Fsp3) is 0. The van der Waals surface area contributed by atoms with Gasteiger partial charge in [-0.2, -0.15) is 0 Å². The first kappa shape index (κ1) is 14.9. The van der Waals surface area contributed by atoms with E-state index in [4.69, 9.17) is 16.7 Å². The van der Waals surface area contributed by atoms with Gasteiger partial charge < -0.3 is 10.1 Å². The molecule has 0 unspecified atom stereocenters. The van der Waals surface area contributed by atoms with Crippen LogP contribution in [0.5, 0.6) is 0 Å². The van der Waals surface area contributed by atoms with Gasteiger partial charge in [-0.25, -0.2) is 13.2 Å². The number of aromatic carboxylic acids is 1. The SMILES string of the molecule is O=C(O)c1cc(S(=O)(=O)Nc2ccc(Cl)c(Br)c2)c[nH]1. The molecule has 6 nitrogen and oxygen atoms in total. The largest absolute Gasteiger partial charge is 0.477 e. The molecule has 0 bridgehead atoms. The number of aromatic nitrogens is 1. The van der Waals surface area contributed by atoms with Crippen molar-refractivity contribution in [1.82, 2.24) is 4.98 Å². The molecule has 1 heterocycles. The monoisotopic (exact) mass is 378 g/mol. The number of sulfonamides is 1. The van der Waals surface area contributed by atoms with Crippen LogP contribution in [0.25, 0.3) is 0 Å². The summed E-state index contributed by atoms with van der Waals surface area (Å²) in [4.78, 5) is 12.9. The van der Waals surface area contributed by atoms with E-state index in [0.717, 1.165) is 12.3 Å². The average Bonchev–Trinajstić information content (AvgIpc) is 2.84. The minimum absolute atomic E-state index is 0.166. The van der Waals surface area contributed by atoms with Crippen LogP contribution in [0.3, 0.4) is 0 Å². The molecule has 20 heavy (non-hydrogen) atoms. The number of benzene rings is 1. The lowest BCUT2D eigenvalue weighted by Crippen LogP contribution is -2.12. The first-order valence-corrected chi connectivity index (χ1v) is 7.84. The highest BCUT2D eigenvalue weighted by Crippen LogP contribution is 2.27. The molecular weight excluding hydrogens is 372 g/mol. The summed E-state index contributed by atoms with van der Waals surface area (Å²) < 4.78 is 27.0. The Balaban J connectivity index is 2.30. The van der Waals surface area contributed by atoms with Crippen LogP contribution in [0.4, 0.5) is 5.69 Å². The smallest absolute Gasteiger partial charge is 0.352 e. The highest BCUT2D eigenvalue weighted by molar-refractivity contribution is 9.10. The van der Waals surface area contributed by atoms with E-state index < -0.39 is 16.0 Å². The maximum atomic E-state index is 12.1. The molecule has 0 atom stereocenters. The molecule has 0 aliphatic rings. The molecule has 0 fully saturated rings. The maximum absolute atomic E-state index is 12.1. The maximum Gasteiger partial charge on any atom is 0.352 e. The lowest BCUT2D eigenvalue weighted by molar-refractivity contribution is 0.0691. The van der Waals surface area contributed by atoms with Crippen molar-refractivity contribution in [1.29, 1.82) is 0 Å². The van der Waals surface area contributed by atoms with Crippen LogP contribution in [0.15, 0.2) is 39.8 Å². The zero-order valence-corrected chi connectivity index (χ0v) is 12.9. The number of nitrogens with one attached hydrogen (secondary N) is 2. The number of halogens is 2. The Morgan fingerprint density at radius 3 is 2.60 bits per heavy atom. The molecule has 106 valence electrons. The van der Waals surface area contributed by atoms with Crippen molar-refractivity contribution in [3.05, 3.63) is 45.7 Å². The second kappa shape index (κ2) is 5.47. The molecule has 0 saturated heterocycles. The van der Waals surface area contributed by atoms with Crippen molar-refractivity contribution in [3.8, 4) is 0 Å². The number of rotatable bonds is 4. The van der Waals surface area contributed by atoms with E-state index in [1.807, 2.05) is 0 Å². The Morgan fingerprint density at radius 1 is 1.35 bits per heavy atom. The van der Waals surface area contributed by atoms with Crippen LogP contribution in [-0.4, -0.2) is 24.5 Å². The molecule has 1 aromatic carbocycles. The molecule has 9 heteroatoms. The molecule has 1 aromatic heterocycles. The number of carbonyl (C=O) groups is 1. The molecule has 2 aromatic rings. The van der Waals surface area contributed by atoms with Crippen molar-refractivity contribution < 1.29 is 18.3 Å². The average molecular weight is 380 g/mol. The summed E-state index contributed by atoms with van der Waals surface area (Å²) in [5.74, 6) is -1.24. The van der Waals surface area contributed by atoms with Crippen molar-refractivity contribution in [2.24, 2.45) is 0 Å². The molecule has 3 N–H and O–H groups in total. The van der Waals surface area contributed by atoms with Gasteiger partial charge in [-0.3, -0.25) is 4.72 Å². The van der Waals surface area contributed by atoms with Gasteiger partial charge >= 0.3 is 5.97 Å². The molecule has 0 amide bonds. The molecular formula is C11H8BrClN2O4S. The summed E-state index contributed by atoms with van der Waals surface area (Å²) in [6, 6.07) is 5.57. The minimum atomic E-state index is -3.86. The first-order valence-electron chi connectivity index (χ1n) is 5.19. The summed E-state index contributed by atoms with van der Waals surface area (Å²) in [5, 5.41) is 9.20. The standard InChI is InChI=1S/C11H8BrClN2O4S/c12-8-3-6(1-2-9(8)13)15-20(18,19)7-4-10(11(16)17)14-5-7/h1-5,14-15H,(H,16,17). The zero-order valence-electron chi connectivity index (χ0n) is 9.72. The number of hydrogen-bond donors (Lipinski definition) is 3. The molecule has 0 spiro atoms. The van der Waals surface area contributed by atoms with Gasteiger partial charge in [-0.1, -0.05) is 11.6 Å². The van der Waals surface area contributed by atoms with Gasteiger partial charge in [0.05, 0.1) is 10.7 Å². The quantitative estimate of drug-likeness (QED) is 0.760. The van der Waals surface area contributed by atoms with Crippen LogP contribution >= 0.6 is 27.5 Å². The highest BCUT2D eigenvalue weighted by Gasteiger charge is 2.18. The van der Waals surface area contributed by atoms with E-state index in [0.29, 0.717) is 15.2 Å². The highest BCUT2D eigenvalue weighted by atomic mass is 79.9. The second-order valence-corrected chi connectivity index (χ2v) is 6.73. The molecule has 0 aliphatic heterocycles. The van der Waals surface area contributed by atoms with Gasteiger partial charge in [0.1, 0.15) is 10.6 Å². The fourth-order valence-electron chi connectivity index (χ4n) is 1.43. The van der Waals surface area contributed by atoms with Gasteiger partial charge in [0, 0.05) is 10.7 Å². The Morgan fingerprint density at radius 2 is 2.05 bits per heavy atom. The normalized spacial score (nSPS) is 11.3. The number of anilines is 1. The third kappa shape index (κ3) is 3.14. The third-order valence-electron chi connectivity index (χ3n) is 2.37. The lowest BCUT2D eigenvalue weighted by Gasteiger charge is -2.07. The first-order chi connectivity index (χ1) is 9.29. The fourth-order valence-corrected chi connectivity index (χ4v) is 2.97. The van der Waals surface area contributed by atoms with Gasteiger partial charge in [-0.05, 0) is 40.2 Å². The van der Waals surface area contributed by atoms with Gasteiger partial charge in [0.25, 0.3) is 10.0 Å². The van der Waals surface area contributed by atoms with E-state index in [2.05, 4.69) is 25.6 Å². The molecule has 0 saturated carbocycles. The van der Waals surface area contributed by atoms with Crippen molar-refractivity contribution in [2.45, 2.75) is 4.90 Å². The number of hydrogen-bond acceptors (Lipinski definition) is 3. The third-order valence-corrected chi connectivity index (χ3v) is 4.94. The molecule has 0 radical (unpaired) electrons. The Kier molecular flexibility index (Phi) is 4.07. The van der Waals surface area contributed by atoms with Crippen LogP contribution in [0, 0.1) is 0 Å². The van der Waals surface area contributed by atoms with Crippen LogP contribution in [0.1, 0.15) is 10.5 Å². The second-order valence-electron chi connectivity index (χ2n) is 3.79. The van der Waals surface area contributed by atoms with Crippen molar-refractivity contribution >= 4 is 49.2 Å². The van der Waals surface area contributed by atoms with Gasteiger partial charge in [0.15, 0.2) is 0 Å². The predicted molar refractivity (Wildman–Crippen MR) is 77.7 cm³/mol. The Bertz CT molecular complexity index is 772. The summed E-state index contributed by atoms with van der Waals surface area (Å²) in [7, 11) is -3.86. The molecule has 0 aliphatic carbocycles. The summed E-state index contributed by atoms with van der Waals surface area (Å²) in [5.41, 5.74) is 0.0991. The topological polar surface area (TPSA) is 99.3 Å². The van der Waals surface area contributed by atoms with E-state index in [9.17, 15) is 13.2 Å². The van der Waals surface area contributed by atoms with E-state index >= 15 is 0 Å². The van der Waals surface area contributed by atoms with Crippen LogP contribution in [-0.2, 0) is 10.0 Å². The summed E-state index contributed by atoms with van der Waals surface area (Å²) in [6.07, 6.45) is 1.11. The van der Waals surface area contributed by atoms with Crippen molar-refractivity contribution in [2.75, 3.05) is 4.72 Å². The predicted octanol–water partition coefficient (Wildman–Crippen LogP) is 2.93. The van der Waals surface area contributed by atoms with E-state index in [-0.39, 0.29) is 10.6 Å². The number of H-pyrrole nitrogens is 1. The van der Waals surface area contributed by atoms with E-state index in [1.165, 1.54) is 18.2 Å². The summed E-state index contributed by atoms with van der Waals surface area (Å²) in [6.45, 7) is 0. The number of aromatic amines is 1. The van der Waals surface area contributed by atoms with Crippen LogP contribution in [0.2, 0.25) is 5.02 Å². The van der Waals surface area contributed by atoms with Gasteiger partial charge in [0.2, 0.25) is 0 Å². The minimum Gasteiger partial charge on any atom is -0.477 e. The van der Waals surface area contributed by atoms with Gasteiger partial charge in [-0.15, -0.1) is 0 Å². The lowest BCUT2D eigenvalue weighted by atomic mass is 10.3. The molecule has 2 rings (SSSR count). The van der Waals surface area contributed by atoms with Crippen LogP contribution < -0.4 is 4.72 Å². The van der Waals surface area contributed by atoms with E-state index in [1.54, 1.807) is 0 Å². The number of carboxylic acids is 1. The Labute approximate surface area is 127 Å². The zero-order chi connectivity index (χ0) is 14.9. The summed E-state index contributed by atoms with van der Waals surface area (Å²) >= 11 is 9.00. The van der Waals surface area contributed by atoms with Crippen molar-refractivity contribution in [3.63, 3.8) is 0 Å².